The smallest absolute Gasteiger partial charge is 0.222 e. The SMILES string of the molecule is CN(Cc1cscn1)C(=O)CCc1ccccc1N.Cl.Cl. The van der Waals surface area contributed by atoms with Gasteiger partial charge in [0.1, 0.15) is 0 Å². The van der Waals surface area contributed by atoms with E-state index in [9.17, 15) is 4.79 Å². The molecule has 0 saturated carbocycles. The molecule has 0 unspecified atom stereocenters. The van der Waals surface area contributed by atoms with Crippen LogP contribution in [-0.4, -0.2) is 22.8 Å². The minimum Gasteiger partial charge on any atom is -0.399 e. The Morgan fingerprint density at radius 2 is 2.05 bits per heavy atom. The van der Waals surface area contributed by atoms with Gasteiger partial charge in [-0.3, -0.25) is 4.79 Å². The number of carbonyl (C=O) groups is 1. The number of carbonyl (C=O) groups excluding carboxylic acids is 1. The topological polar surface area (TPSA) is 59.2 Å². The Hall–Kier alpha value is -1.30. The van der Waals surface area contributed by atoms with Gasteiger partial charge in [0.25, 0.3) is 0 Å². The number of hydrogen-bond acceptors (Lipinski definition) is 4. The number of nitrogens with two attached hydrogens (primary N) is 1. The van der Waals surface area contributed by atoms with Gasteiger partial charge in [-0.25, -0.2) is 4.98 Å². The van der Waals surface area contributed by atoms with Gasteiger partial charge in [0.2, 0.25) is 5.91 Å². The van der Waals surface area contributed by atoms with Crippen LogP contribution >= 0.6 is 36.2 Å². The Balaban J connectivity index is 0.00000200. The van der Waals surface area contributed by atoms with Crippen molar-refractivity contribution in [2.75, 3.05) is 12.8 Å². The van der Waals surface area contributed by atoms with Gasteiger partial charge in [0, 0.05) is 24.5 Å². The molecule has 2 rings (SSSR count). The largest absolute Gasteiger partial charge is 0.399 e. The van der Waals surface area contributed by atoms with E-state index in [1.807, 2.05) is 29.6 Å². The molecular formula is C14H19Cl2N3OS. The number of aryl methyl sites for hydroxylation is 1. The van der Waals surface area contributed by atoms with Crippen LogP contribution < -0.4 is 5.73 Å². The van der Waals surface area contributed by atoms with Crippen LogP contribution in [0, 0.1) is 0 Å². The van der Waals surface area contributed by atoms with Gasteiger partial charge < -0.3 is 10.6 Å². The number of amides is 1. The molecular weight excluding hydrogens is 329 g/mol. The first kappa shape index (κ1) is 19.7. The van der Waals surface area contributed by atoms with E-state index in [1.165, 1.54) is 11.3 Å². The van der Waals surface area contributed by atoms with Crippen molar-refractivity contribution in [1.29, 1.82) is 0 Å². The van der Waals surface area contributed by atoms with E-state index in [2.05, 4.69) is 4.98 Å². The summed E-state index contributed by atoms with van der Waals surface area (Å²) in [7, 11) is 1.80. The highest BCUT2D eigenvalue weighted by atomic mass is 35.5. The molecule has 0 atom stereocenters. The predicted molar refractivity (Wildman–Crippen MR) is 92.3 cm³/mol. The summed E-state index contributed by atoms with van der Waals surface area (Å²) in [5.74, 6) is 0.108. The molecule has 0 spiro atoms. The molecule has 0 aliphatic carbocycles. The first-order valence-electron chi connectivity index (χ1n) is 6.11. The molecule has 7 heteroatoms. The number of thiazole rings is 1. The Bertz CT molecular complexity index is 549. The second kappa shape index (κ2) is 9.60. The number of aromatic nitrogens is 1. The van der Waals surface area contributed by atoms with Gasteiger partial charge in [0.05, 0.1) is 17.7 Å². The van der Waals surface area contributed by atoms with E-state index in [0.717, 1.165) is 16.9 Å². The number of para-hydroxylation sites is 1. The molecule has 21 heavy (non-hydrogen) atoms. The summed E-state index contributed by atoms with van der Waals surface area (Å²) in [6.45, 7) is 0.562. The third-order valence-electron chi connectivity index (χ3n) is 2.97. The number of nitrogen functional groups attached to an aromatic ring is 1. The Morgan fingerprint density at radius 1 is 1.33 bits per heavy atom. The van der Waals surface area contributed by atoms with Crippen LogP contribution in [0.3, 0.4) is 0 Å². The second-order valence-electron chi connectivity index (χ2n) is 4.43. The highest BCUT2D eigenvalue weighted by molar-refractivity contribution is 7.07. The molecule has 1 heterocycles. The van der Waals surface area contributed by atoms with Crippen LogP contribution in [0.4, 0.5) is 5.69 Å². The van der Waals surface area contributed by atoms with Crippen LogP contribution in [0.5, 0.6) is 0 Å². The fourth-order valence-corrected chi connectivity index (χ4v) is 2.39. The van der Waals surface area contributed by atoms with E-state index < -0.39 is 0 Å². The first-order valence-corrected chi connectivity index (χ1v) is 7.05. The van der Waals surface area contributed by atoms with Gasteiger partial charge in [-0.15, -0.1) is 36.2 Å². The maximum atomic E-state index is 12.0. The summed E-state index contributed by atoms with van der Waals surface area (Å²) >= 11 is 1.54. The molecule has 2 N–H and O–H groups in total. The maximum Gasteiger partial charge on any atom is 0.222 e. The van der Waals surface area contributed by atoms with Gasteiger partial charge in [-0.05, 0) is 18.1 Å². The maximum absolute atomic E-state index is 12.0. The van der Waals surface area contributed by atoms with Crippen molar-refractivity contribution in [1.82, 2.24) is 9.88 Å². The van der Waals surface area contributed by atoms with Gasteiger partial charge >= 0.3 is 0 Å². The zero-order valence-corrected chi connectivity index (χ0v) is 14.1. The van der Waals surface area contributed by atoms with Crippen molar-refractivity contribution in [3.05, 3.63) is 46.4 Å². The molecule has 0 bridgehead atoms. The summed E-state index contributed by atoms with van der Waals surface area (Å²) in [5.41, 5.74) is 10.3. The van der Waals surface area contributed by atoms with Crippen molar-refractivity contribution in [3.8, 4) is 0 Å². The fourth-order valence-electron chi connectivity index (χ4n) is 1.84. The van der Waals surface area contributed by atoms with E-state index >= 15 is 0 Å². The number of hydrogen-bond donors (Lipinski definition) is 1. The molecule has 0 radical (unpaired) electrons. The standard InChI is InChI=1S/C14H17N3OS.2ClH/c1-17(8-12-9-19-10-16-12)14(18)7-6-11-4-2-3-5-13(11)15;;/h2-5,9-10H,6-8,15H2,1H3;2*1H. The molecule has 2 aromatic rings. The molecule has 4 nitrogen and oxygen atoms in total. The summed E-state index contributed by atoms with van der Waals surface area (Å²) < 4.78 is 0. The summed E-state index contributed by atoms with van der Waals surface area (Å²) in [5, 5.41) is 1.96. The summed E-state index contributed by atoms with van der Waals surface area (Å²) in [4.78, 5) is 17.9. The predicted octanol–water partition coefficient (Wildman–Crippen LogP) is 3.16. The molecule has 0 saturated heterocycles. The number of benzene rings is 1. The number of anilines is 1. The van der Waals surface area contributed by atoms with Gasteiger partial charge in [-0.2, -0.15) is 0 Å². The number of rotatable bonds is 5. The summed E-state index contributed by atoms with van der Waals surface area (Å²) in [6.07, 6.45) is 1.14. The molecule has 0 fully saturated rings. The van der Waals surface area contributed by atoms with E-state index in [0.29, 0.717) is 19.4 Å². The van der Waals surface area contributed by atoms with Crippen LogP contribution in [0.2, 0.25) is 0 Å². The highest BCUT2D eigenvalue weighted by Crippen LogP contribution is 2.13. The van der Waals surface area contributed by atoms with Gasteiger partial charge in [-0.1, -0.05) is 18.2 Å². The molecule has 1 aromatic heterocycles. The lowest BCUT2D eigenvalue weighted by Gasteiger charge is -2.16. The van der Waals surface area contributed by atoms with Crippen molar-refractivity contribution >= 4 is 47.7 Å². The number of halogens is 2. The highest BCUT2D eigenvalue weighted by Gasteiger charge is 2.11. The minimum atomic E-state index is 0. The zero-order chi connectivity index (χ0) is 13.7. The molecule has 1 amide bonds. The average Bonchev–Trinajstić information content (AvgIpc) is 2.90. The van der Waals surface area contributed by atoms with Crippen molar-refractivity contribution in [2.45, 2.75) is 19.4 Å². The van der Waals surface area contributed by atoms with E-state index in [4.69, 9.17) is 5.73 Å². The molecule has 1 aromatic carbocycles. The van der Waals surface area contributed by atoms with Crippen LogP contribution in [0.1, 0.15) is 17.7 Å². The second-order valence-corrected chi connectivity index (χ2v) is 5.15. The Labute approximate surface area is 141 Å². The molecule has 0 aliphatic heterocycles. The van der Waals surface area contributed by atoms with Crippen LogP contribution in [0.15, 0.2) is 35.2 Å². The van der Waals surface area contributed by atoms with Crippen molar-refractivity contribution < 1.29 is 4.79 Å². The van der Waals surface area contributed by atoms with Gasteiger partial charge in [0.15, 0.2) is 0 Å². The fraction of sp³-hybridized carbons (Fsp3) is 0.286. The zero-order valence-electron chi connectivity index (χ0n) is 11.7. The monoisotopic (exact) mass is 347 g/mol. The molecule has 116 valence electrons. The van der Waals surface area contributed by atoms with Crippen molar-refractivity contribution in [2.24, 2.45) is 0 Å². The lowest BCUT2D eigenvalue weighted by atomic mass is 10.1. The molecule has 0 aliphatic rings. The lowest BCUT2D eigenvalue weighted by Crippen LogP contribution is -2.26. The Kier molecular flexibility index (Phi) is 9.01. The summed E-state index contributed by atoms with van der Waals surface area (Å²) in [6, 6.07) is 7.66. The third-order valence-corrected chi connectivity index (χ3v) is 3.61. The Morgan fingerprint density at radius 3 is 2.67 bits per heavy atom. The lowest BCUT2D eigenvalue weighted by molar-refractivity contribution is -0.130. The average molecular weight is 348 g/mol. The minimum absolute atomic E-state index is 0. The van der Waals surface area contributed by atoms with E-state index in [1.54, 1.807) is 17.5 Å². The van der Waals surface area contributed by atoms with Crippen LogP contribution in [0.25, 0.3) is 0 Å². The van der Waals surface area contributed by atoms with Crippen molar-refractivity contribution in [3.63, 3.8) is 0 Å². The van der Waals surface area contributed by atoms with Crippen LogP contribution in [-0.2, 0) is 17.8 Å². The third kappa shape index (κ3) is 5.91. The normalized spacial score (nSPS) is 9.38. The number of nitrogens with zero attached hydrogens (tertiary/aromatic N) is 2. The quantitative estimate of drug-likeness (QED) is 0.845. The first-order chi connectivity index (χ1) is 9.16. The van der Waals surface area contributed by atoms with E-state index in [-0.39, 0.29) is 30.7 Å².